The van der Waals surface area contributed by atoms with Crippen LogP contribution in [0.2, 0.25) is 0 Å². The lowest BCUT2D eigenvalue weighted by Crippen LogP contribution is -2.24. The second-order valence-corrected chi connectivity index (χ2v) is 12.4. The van der Waals surface area contributed by atoms with Crippen molar-refractivity contribution in [1.82, 2.24) is 0 Å². The Morgan fingerprint density at radius 1 is 0.775 bits per heavy atom. The number of hydrogen-bond acceptors (Lipinski definition) is 9. The Morgan fingerprint density at radius 3 is 1.90 bits per heavy atom. The smallest absolute Gasteiger partial charge is 0.296 e. The fraction of sp³-hybridized carbons (Fsp3) is 0.143. The summed E-state index contributed by atoms with van der Waals surface area (Å²) in [7, 11) is -9.41. The number of allylic oxidation sites excluding steroid dienone is 3. The molecule has 0 spiro atoms. The summed E-state index contributed by atoms with van der Waals surface area (Å²) in [6.07, 6.45) is 2.03. The van der Waals surface area contributed by atoms with Crippen molar-refractivity contribution in [3.63, 3.8) is 0 Å². The second-order valence-electron chi connectivity index (χ2n) is 9.63. The number of fused-ring (bicyclic) bond motifs is 2. The molecule has 0 unspecified atom stereocenters. The maximum atomic E-state index is 13.8. The van der Waals surface area contributed by atoms with Crippen molar-refractivity contribution >= 4 is 48.9 Å². The number of nitrogens with one attached hydrogen (secondary N) is 2. The van der Waals surface area contributed by atoms with Gasteiger partial charge in [-0.1, -0.05) is 35.9 Å². The Hall–Kier alpha value is -4.10. The molecular formula is C28H23N2O8S2-. The second kappa shape index (κ2) is 9.82. The zero-order valence-corrected chi connectivity index (χ0v) is 22.9. The van der Waals surface area contributed by atoms with Crippen LogP contribution >= 0.6 is 0 Å². The quantitative estimate of drug-likeness (QED) is 0.273. The molecule has 5 rings (SSSR count). The molecule has 0 saturated heterocycles. The minimum atomic E-state index is -4.80. The van der Waals surface area contributed by atoms with E-state index in [-0.39, 0.29) is 56.3 Å². The van der Waals surface area contributed by atoms with Gasteiger partial charge in [0.25, 0.3) is 10.1 Å². The van der Waals surface area contributed by atoms with Crippen LogP contribution in [-0.4, -0.2) is 37.5 Å². The lowest BCUT2D eigenvalue weighted by molar-refractivity contribution is 0.0980. The Balaban J connectivity index is 1.60. The van der Waals surface area contributed by atoms with E-state index in [4.69, 9.17) is 0 Å². The number of anilines is 3. The maximum absolute atomic E-state index is 13.8. The molecule has 3 aromatic rings. The third-order valence-corrected chi connectivity index (χ3v) is 8.55. The molecule has 0 saturated carbocycles. The van der Waals surface area contributed by atoms with Crippen LogP contribution in [0.5, 0.6) is 0 Å². The molecule has 3 N–H and O–H groups in total. The summed E-state index contributed by atoms with van der Waals surface area (Å²) >= 11 is 0. The highest BCUT2D eigenvalue weighted by Crippen LogP contribution is 2.38. The van der Waals surface area contributed by atoms with E-state index in [1.165, 1.54) is 54.6 Å². The van der Waals surface area contributed by atoms with Gasteiger partial charge in [-0.25, -0.2) is 8.42 Å². The van der Waals surface area contributed by atoms with Gasteiger partial charge in [-0.15, -0.1) is 0 Å². The van der Waals surface area contributed by atoms with Crippen LogP contribution < -0.4 is 10.6 Å². The molecule has 0 aromatic heterocycles. The Morgan fingerprint density at radius 2 is 1.35 bits per heavy atom. The number of carbonyl (C=O) groups is 2. The monoisotopic (exact) mass is 579 g/mol. The molecule has 3 aromatic carbocycles. The first kappa shape index (κ1) is 27.5. The minimum Gasteiger partial charge on any atom is -0.744 e. The molecule has 0 fully saturated rings. The zero-order chi connectivity index (χ0) is 29.0. The molecule has 206 valence electrons. The molecule has 2 aliphatic rings. The van der Waals surface area contributed by atoms with Crippen LogP contribution in [0.4, 0.5) is 17.1 Å². The summed E-state index contributed by atoms with van der Waals surface area (Å²) in [6.45, 7) is 3.37. The summed E-state index contributed by atoms with van der Waals surface area (Å²) in [5, 5.41) is 5.80. The SMILES string of the molecule is CC1=CC(S(=O)(=O)[O-])=C(Nc2cccc3c2C(=O)c2cccc(Nc4ccc(C)cc4S(=O)(=O)O)c2C3=O)CC1. The number of benzene rings is 3. The van der Waals surface area contributed by atoms with Crippen LogP contribution in [0, 0.1) is 6.92 Å². The van der Waals surface area contributed by atoms with E-state index in [1.54, 1.807) is 19.9 Å². The first-order valence-corrected chi connectivity index (χ1v) is 14.9. The van der Waals surface area contributed by atoms with Crippen LogP contribution in [-0.2, 0) is 20.2 Å². The van der Waals surface area contributed by atoms with Gasteiger partial charge >= 0.3 is 0 Å². The normalized spacial score (nSPS) is 15.3. The third kappa shape index (κ3) is 4.97. The molecular weight excluding hydrogens is 556 g/mol. The standard InChI is InChI=1S/C28H24N2O8S2/c1-15-9-11-19(23(13-15)39(33,34)35)29-21-7-3-5-17-25(21)27(31)18-6-4-8-22(26(18)28(17)32)30-20-12-10-16(2)14-24(20)40(36,37)38/h3-9,11,13-14,29-30H,10,12H2,1-2H3,(H,33,34,35)(H,36,37,38)/p-1. The van der Waals surface area contributed by atoms with Gasteiger partial charge in [-0.05, 0) is 62.6 Å². The Kier molecular flexibility index (Phi) is 6.74. The lowest BCUT2D eigenvalue weighted by Gasteiger charge is -2.26. The third-order valence-electron chi connectivity index (χ3n) is 6.76. The molecule has 0 heterocycles. The summed E-state index contributed by atoms with van der Waals surface area (Å²) in [6, 6.07) is 13.3. The van der Waals surface area contributed by atoms with Gasteiger partial charge in [0.1, 0.15) is 15.0 Å². The molecule has 40 heavy (non-hydrogen) atoms. The van der Waals surface area contributed by atoms with Crippen LogP contribution in [0.3, 0.4) is 0 Å². The van der Waals surface area contributed by atoms with Crippen LogP contribution in [0.25, 0.3) is 0 Å². The Labute approximate surface area is 230 Å². The first-order chi connectivity index (χ1) is 18.8. The largest absolute Gasteiger partial charge is 0.744 e. The van der Waals surface area contributed by atoms with E-state index in [2.05, 4.69) is 10.6 Å². The summed E-state index contributed by atoms with van der Waals surface area (Å²) in [5.41, 5.74) is 1.91. The summed E-state index contributed by atoms with van der Waals surface area (Å²) < 4.78 is 69.4. The van der Waals surface area contributed by atoms with E-state index in [0.717, 1.165) is 5.57 Å². The van der Waals surface area contributed by atoms with Crippen LogP contribution in [0.15, 0.2) is 81.7 Å². The number of aryl methyl sites for hydroxylation is 1. The maximum Gasteiger partial charge on any atom is 0.296 e. The summed E-state index contributed by atoms with van der Waals surface area (Å²) in [4.78, 5) is 26.7. The molecule has 0 amide bonds. The molecule has 0 radical (unpaired) electrons. The van der Waals surface area contributed by atoms with Crippen molar-refractivity contribution in [2.45, 2.75) is 31.6 Å². The molecule has 0 aliphatic heterocycles. The van der Waals surface area contributed by atoms with Crippen molar-refractivity contribution in [2.24, 2.45) is 0 Å². The van der Waals surface area contributed by atoms with Gasteiger partial charge in [0.2, 0.25) is 0 Å². The van der Waals surface area contributed by atoms with Gasteiger partial charge in [-0.2, -0.15) is 8.42 Å². The fourth-order valence-electron chi connectivity index (χ4n) is 4.88. The number of ketones is 2. The van der Waals surface area contributed by atoms with Crippen molar-refractivity contribution in [3.05, 3.63) is 105 Å². The zero-order valence-electron chi connectivity index (χ0n) is 21.3. The van der Waals surface area contributed by atoms with Crippen molar-refractivity contribution in [1.29, 1.82) is 0 Å². The predicted octanol–water partition coefficient (Wildman–Crippen LogP) is 4.67. The van der Waals surface area contributed by atoms with Gasteiger partial charge in [0, 0.05) is 16.8 Å². The molecule has 0 atom stereocenters. The van der Waals surface area contributed by atoms with Crippen LogP contribution in [0.1, 0.15) is 57.2 Å². The van der Waals surface area contributed by atoms with Gasteiger partial charge < -0.3 is 15.2 Å². The van der Waals surface area contributed by atoms with Crippen molar-refractivity contribution in [2.75, 3.05) is 10.6 Å². The van der Waals surface area contributed by atoms with Crippen molar-refractivity contribution < 1.29 is 35.5 Å². The van der Waals surface area contributed by atoms with E-state index in [1.807, 2.05) is 0 Å². The first-order valence-electron chi connectivity index (χ1n) is 12.1. The topological polar surface area (TPSA) is 170 Å². The lowest BCUT2D eigenvalue weighted by atomic mass is 9.82. The number of hydrogen-bond donors (Lipinski definition) is 3. The molecule has 2 aliphatic carbocycles. The van der Waals surface area contributed by atoms with Gasteiger partial charge in [-0.3, -0.25) is 14.1 Å². The van der Waals surface area contributed by atoms with E-state index in [9.17, 15) is 35.5 Å². The van der Waals surface area contributed by atoms with Gasteiger partial charge in [0.15, 0.2) is 11.6 Å². The molecule has 10 nitrogen and oxygen atoms in total. The van der Waals surface area contributed by atoms with E-state index in [0.29, 0.717) is 12.0 Å². The number of rotatable bonds is 6. The highest BCUT2D eigenvalue weighted by atomic mass is 32.2. The highest BCUT2D eigenvalue weighted by molar-refractivity contribution is 7.90. The molecule has 12 heteroatoms. The highest BCUT2D eigenvalue weighted by Gasteiger charge is 2.34. The fourth-order valence-corrected chi connectivity index (χ4v) is 6.41. The average Bonchev–Trinajstić information content (AvgIpc) is 2.88. The molecule has 0 bridgehead atoms. The summed E-state index contributed by atoms with van der Waals surface area (Å²) in [5.74, 6) is -1.05. The van der Waals surface area contributed by atoms with Crippen molar-refractivity contribution in [3.8, 4) is 0 Å². The van der Waals surface area contributed by atoms with Gasteiger partial charge in [0.05, 0.1) is 33.1 Å². The van der Waals surface area contributed by atoms with E-state index < -0.39 is 36.7 Å². The minimum absolute atomic E-state index is 0.0114. The predicted molar refractivity (Wildman–Crippen MR) is 147 cm³/mol. The Bertz CT molecular complexity index is 1910. The van der Waals surface area contributed by atoms with E-state index >= 15 is 0 Å². The number of carbonyl (C=O) groups excluding carboxylic acids is 2. The average molecular weight is 580 g/mol.